The highest BCUT2D eigenvalue weighted by Gasteiger charge is 2.34. The number of rotatable bonds is 7. The Hall–Kier alpha value is -0.120. The standard InChI is InChI=1S/C14H28N2O/c1-2-13-12(4-9-17-13)10-16-8-7-14(11-15)5-3-6-14/h12-13,16H,2-11,15H2,1H3. The second kappa shape index (κ2) is 6.17. The average molecular weight is 240 g/mol. The lowest BCUT2D eigenvalue weighted by atomic mass is 9.67. The molecular formula is C14H28N2O. The van der Waals surface area contributed by atoms with Gasteiger partial charge in [0, 0.05) is 13.2 Å². The summed E-state index contributed by atoms with van der Waals surface area (Å²) in [6, 6.07) is 0. The van der Waals surface area contributed by atoms with Crippen LogP contribution in [0.15, 0.2) is 0 Å². The van der Waals surface area contributed by atoms with Gasteiger partial charge in [-0.1, -0.05) is 13.3 Å². The van der Waals surface area contributed by atoms with Crippen LogP contribution in [0.25, 0.3) is 0 Å². The van der Waals surface area contributed by atoms with Gasteiger partial charge < -0.3 is 15.8 Å². The molecule has 2 rings (SSSR count). The van der Waals surface area contributed by atoms with E-state index in [0.29, 0.717) is 11.5 Å². The lowest BCUT2D eigenvalue weighted by Crippen LogP contribution is -2.40. The molecule has 2 fully saturated rings. The summed E-state index contributed by atoms with van der Waals surface area (Å²) in [5, 5.41) is 3.61. The van der Waals surface area contributed by atoms with E-state index in [1.165, 1.54) is 32.1 Å². The second-order valence-electron chi connectivity index (χ2n) is 5.88. The van der Waals surface area contributed by atoms with Crippen LogP contribution in [0.2, 0.25) is 0 Å². The van der Waals surface area contributed by atoms with Gasteiger partial charge in [-0.15, -0.1) is 0 Å². The van der Waals surface area contributed by atoms with Gasteiger partial charge in [0.2, 0.25) is 0 Å². The zero-order chi connectivity index (χ0) is 12.1. The summed E-state index contributed by atoms with van der Waals surface area (Å²) in [6.45, 7) is 6.31. The Kier molecular flexibility index (Phi) is 4.83. The number of ether oxygens (including phenoxy) is 1. The summed E-state index contributed by atoms with van der Waals surface area (Å²) >= 11 is 0. The molecule has 1 saturated carbocycles. The molecule has 3 nitrogen and oxygen atoms in total. The molecule has 2 atom stereocenters. The predicted molar refractivity (Wildman–Crippen MR) is 71.0 cm³/mol. The van der Waals surface area contributed by atoms with E-state index in [4.69, 9.17) is 10.5 Å². The molecule has 1 saturated heterocycles. The van der Waals surface area contributed by atoms with Gasteiger partial charge in [-0.25, -0.2) is 0 Å². The molecule has 1 heterocycles. The van der Waals surface area contributed by atoms with E-state index in [2.05, 4.69) is 12.2 Å². The molecule has 0 spiro atoms. The molecule has 2 unspecified atom stereocenters. The van der Waals surface area contributed by atoms with Gasteiger partial charge in [0.05, 0.1) is 6.10 Å². The van der Waals surface area contributed by atoms with Crippen molar-refractivity contribution in [2.24, 2.45) is 17.1 Å². The number of nitrogens with two attached hydrogens (primary N) is 1. The van der Waals surface area contributed by atoms with Gasteiger partial charge in [0.15, 0.2) is 0 Å². The Labute approximate surface area is 105 Å². The molecule has 1 aliphatic carbocycles. The van der Waals surface area contributed by atoms with Crippen LogP contribution in [-0.2, 0) is 4.74 Å². The molecule has 3 N–H and O–H groups in total. The summed E-state index contributed by atoms with van der Waals surface area (Å²) in [5.74, 6) is 0.732. The maximum absolute atomic E-state index is 5.87. The zero-order valence-electron chi connectivity index (χ0n) is 11.2. The minimum atomic E-state index is 0.489. The fraction of sp³-hybridized carbons (Fsp3) is 1.00. The van der Waals surface area contributed by atoms with Crippen molar-refractivity contribution in [2.75, 3.05) is 26.2 Å². The first-order valence-electron chi connectivity index (χ1n) is 7.32. The van der Waals surface area contributed by atoms with Crippen molar-refractivity contribution in [2.45, 2.75) is 51.6 Å². The Morgan fingerprint density at radius 2 is 2.24 bits per heavy atom. The Morgan fingerprint density at radius 1 is 1.41 bits per heavy atom. The third-order valence-corrected chi connectivity index (χ3v) is 4.83. The quantitative estimate of drug-likeness (QED) is 0.668. The van der Waals surface area contributed by atoms with Crippen molar-refractivity contribution < 1.29 is 4.74 Å². The lowest BCUT2D eigenvalue weighted by Gasteiger charge is -2.41. The first-order valence-corrected chi connectivity index (χ1v) is 7.32. The fourth-order valence-corrected chi connectivity index (χ4v) is 3.25. The molecule has 100 valence electrons. The van der Waals surface area contributed by atoms with Gasteiger partial charge >= 0.3 is 0 Å². The van der Waals surface area contributed by atoms with Crippen LogP contribution in [0.3, 0.4) is 0 Å². The highest BCUT2D eigenvalue weighted by molar-refractivity contribution is 4.89. The number of hydrogen-bond donors (Lipinski definition) is 2. The van der Waals surface area contributed by atoms with Crippen LogP contribution in [0.4, 0.5) is 0 Å². The van der Waals surface area contributed by atoms with Gasteiger partial charge in [0.25, 0.3) is 0 Å². The first-order chi connectivity index (χ1) is 8.29. The van der Waals surface area contributed by atoms with Gasteiger partial charge in [-0.05, 0) is 56.5 Å². The molecule has 0 bridgehead atoms. The highest BCUT2D eigenvalue weighted by Crippen LogP contribution is 2.42. The van der Waals surface area contributed by atoms with Crippen molar-refractivity contribution in [1.82, 2.24) is 5.32 Å². The van der Waals surface area contributed by atoms with Crippen LogP contribution in [0.5, 0.6) is 0 Å². The topological polar surface area (TPSA) is 47.3 Å². The van der Waals surface area contributed by atoms with Crippen molar-refractivity contribution in [1.29, 1.82) is 0 Å². The minimum Gasteiger partial charge on any atom is -0.378 e. The minimum absolute atomic E-state index is 0.489. The third-order valence-electron chi connectivity index (χ3n) is 4.83. The Morgan fingerprint density at radius 3 is 2.82 bits per heavy atom. The fourth-order valence-electron chi connectivity index (χ4n) is 3.25. The zero-order valence-corrected chi connectivity index (χ0v) is 11.2. The summed E-state index contributed by atoms with van der Waals surface area (Å²) in [7, 11) is 0. The summed E-state index contributed by atoms with van der Waals surface area (Å²) in [4.78, 5) is 0. The van der Waals surface area contributed by atoms with E-state index in [0.717, 1.165) is 38.6 Å². The molecule has 2 aliphatic rings. The molecular weight excluding hydrogens is 212 g/mol. The van der Waals surface area contributed by atoms with Crippen LogP contribution >= 0.6 is 0 Å². The van der Waals surface area contributed by atoms with Crippen molar-refractivity contribution in [3.8, 4) is 0 Å². The Balaban J connectivity index is 1.59. The smallest absolute Gasteiger partial charge is 0.0613 e. The molecule has 0 aromatic heterocycles. The van der Waals surface area contributed by atoms with E-state index in [1.54, 1.807) is 0 Å². The summed E-state index contributed by atoms with van der Waals surface area (Å²) in [6.07, 6.45) is 8.20. The number of nitrogens with one attached hydrogen (secondary N) is 1. The molecule has 0 aromatic carbocycles. The third kappa shape index (κ3) is 3.21. The van der Waals surface area contributed by atoms with Gasteiger partial charge in [0.1, 0.15) is 0 Å². The molecule has 0 aromatic rings. The van der Waals surface area contributed by atoms with Crippen LogP contribution in [0.1, 0.15) is 45.4 Å². The summed E-state index contributed by atoms with van der Waals surface area (Å²) in [5.41, 5.74) is 6.36. The van der Waals surface area contributed by atoms with Crippen LogP contribution in [0, 0.1) is 11.3 Å². The second-order valence-corrected chi connectivity index (χ2v) is 5.88. The normalized spacial score (nSPS) is 31.4. The van der Waals surface area contributed by atoms with E-state index < -0.39 is 0 Å². The lowest BCUT2D eigenvalue weighted by molar-refractivity contribution is 0.0861. The first kappa shape index (κ1) is 13.3. The van der Waals surface area contributed by atoms with E-state index in [1.807, 2.05) is 0 Å². The molecule has 0 radical (unpaired) electrons. The maximum Gasteiger partial charge on any atom is 0.0613 e. The number of hydrogen-bond acceptors (Lipinski definition) is 3. The van der Waals surface area contributed by atoms with Crippen molar-refractivity contribution in [3.05, 3.63) is 0 Å². The maximum atomic E-state index is 5.87. The molecule has 17 heavy (non-hydrogen) atoms. The van der Waals surface area contributed by atoms with Crippen molar-refractivity contribution in [3.63, 3.8) is 0 Å². The monoisotopic (exact) mass is 240 g/mol. The van der Waals surface area contributed by atoms with Crippen LogP contribution in [-0.4, -0.2) is 32.3 Å². The Bertz CT molecular complexity index is 223. The van der Waals surface area contributed by atoms with Crippen molar-refractivity contribution >= 4 is 0 Å². The highest BCUT2D eigenvalue weighted by atomic mass is 16.5. The largest absolute Gasteiger partial charge is 0.378 e. The average Bonchev–Trinajstić information content (AvgIpc) is 2.74. The molecule has 0 amide bonds. The van der Waals surface area contributed by atoms with Crippen LogP contribution < -0.4 is 11.1 Å². The molecule has 3 heteroatoms. The summed E-state index contributed by atoms with van der Waals surface area (Å²) < 4.78 is 5.71. The molecule has 1 aliphatic heterocycles. The van der Waals surface area contributed by atoms with E-state index >= 15 is 0 Å². The van der Waals surface area contributed by atoms with Gasteiger partial charge in [-0.3, -0.25) is 0 Å². The van der Waals surface area contributed by atoms with E-state index in [-0.39, 0.29) is 0 Å². The predicted octanol–water partition coefficient (Wildman–Crippen LogP) is 1.91. The SMILES string of the molecule is CCC1OCCC1CNCCC1(CN)CCC1. The van der Waals surface area contributed by atoms with E-state index in [9.17, 15) is 0 Å². The van der Waals surface area contributed by atoms with Gasteiger partial charge in [-0.2, -0.15) is 0 Å².